The fourth-order valence-electron chi connectivity index (χ4n) is 6.15. The number of pyridine rings is 1. The van der Waals surface area contributed by atoms with Crippen LogP contribution < -0.4 is 10.1 Å². The minimum atomic E-state index is -1.48. The molecule has 2 heterocycles. The molecule has 3 aliphatic rings. The van der Waals surface area contributed by atoms with Gasteiger partial charge >= 0.3 is 0 Å². The smallest absolute Gasteiger partial charge is 0.220 e. The van der Waals surface area contributed by atoms with Gasteiger partial charge in [0, 0.05) is 46.5 Å². The van der Waals surface area contributed by atoms with E-state index in [9.17, 15) is 25.2 Å². The minimum Gasteiger partial charge on any atom is -0.490 e. The van der Waals surface area contributed by atoms with Gasteiger partial charge in [0.15, 0.2) is 0 Å². The molecule has 5 N–H and O–H groups in total. The van der Waals surface area contributed by atoms with Crippen LogP contribution in [0.15, 0.2) is 54.9 Å². The second-order valence-corrected chi connectivity index (χ2v) is 13.7. The Labute approximate surface area is 290 Å². The Bertz CT molecular complexity index is 1580. The van der Waals surface area contributed by atoms with Gasteiger partial charge < -0.3 is 40.0 Å². The summed E-state index contributed by atoms with van der Waals surface area (Å²) >= 11 is 13.4. The lowest BCUT2D eigenvalue weighted by molar-refractivity contribution is -0.227. The first-order valence-corrected chi connectivity index (χ1v) is 17.3. The number of rotatable bonds is 15. The summed E-state index contributed by atoms with van der Waals surface area (Å²) in [5.74, 6) is 0.635. The lowest BCUT2D eigenvalue weighted by Crippen LogP contribution is -2.60. The number of ether oxygens (including phenoxy) is 3. The molecular weight excluding hydrogens is 659 g/mol. The van der Waals surface area contributed by atoms with Crippen molar-refractivity contribution in [3.05, 3.63) is 81.6 Å². The number of carbonyl (C=O) groups excluding carboxylic acids is 1. The normalized spacial score (nSPS) is 24.7. The molecule has 3 fully saturated rings. The Morgan fingerprint density at radius 3 is 2.44 bits per heavy atom. The number of benzene rings is 2. The zero-order chi connectivity index (χ0) is 33.8. The molecule has 258 valence electrons. The molecule has 48 heavy (non-hydrogen) atoms. The predicted octanol–water partition coefficient (Wildman–Crippen LogP) is 4.47. The highest BCUT2D eigenvalue weighted by atomic mass is 35.5. The van der Waals surface area contributed by atoms with Crippen LogP contribution in [0.1, 0.15) is 61.6 Å². The monoisotopic (exact) mass is 700 g/mol. The Hall–Kier alpha value is -2.80. The molecule has 10 nitrogen and oxygen atoms in total. The highest BCUT2D eigenvalue weighted by Crippen LogP contribution is 2.53. The van der Waals surface area contributed by atoms with Crippen molar-refractivity contribution in [2.24, 2.45) is 0 Å². The maximum atomic E-state index is 12.4. The minimum absolute atomic E-state index is 0.0588. The summed E-state index contributed by atoms with van der Waals surface area (Å²) in [5, 5.41) is 43.2. The van der Waals surface area contributed by atoms with Crippen molar-refractivity contribution in [3.8, 4) is 16.9 Å². The number of aromatic nitrogens is 1. The molecule has 0 radical (unpaired) electrons. The van der Waals surface area contributed by atoms with Crippen molar-refractivity contribution < 1.29 is 39.4 Å². The summed E-state index contributed by atoms with van der Waals surface area (Å²) in [6.07, 6.45) is 3.79. The molecule has 1 aromatic heterocycles. The molecule has 1 saturated heterocycles. The lowest BCUT2D eigenvalue weighted by atomic mass is 9.95. The number of hydrogen-bond acceptors (Lipinski definition) is 9. The number of nitrogens with one attached hydrogen (secondary N) is 1. The van der Waals surface area contributed by atoms with Gasteiger partial charge in [-0.15, -0.1) is 0 Å². The number of aliphatic hydroxyl groups is 4. The average molecular weight is 702 g/mol. The first kappa shape index (κ1) is 35.0. The average Bonchev–Trinajstić information content (AvgIpc) is 4.04. The second kappa shape index (κ2) is 15.4. The van der Waals surface area contributed by atoms with Gasteiger partial charge in [-0.3, -0.25) is 9.78 Å². The number of aliphatic hydroxyl groups excluding tert-OH is 4. The van der Waals surface area contributed by atoms with E-state index in [-0.39, 0.29) is 25.0 Å². The number of nitrogens with zero attached hydrogens (tertiary/aromatic N) is 1. The number of aryl methyl sites for hydroxylation is 1. The zero-order valence-electron chi connectivity index (χ0n) is 26.6. The van der Waals surface area contributed by atoms with Crippen molar-refractivity contribution in [2.45, 2.75) is 100 Å². The largest absolute Gasteiger partial charge is 0.490 e. The van der Waals surface area contributed by atoms with E-state index in [0.29, 0.717) is 35.9 Å². The molecule has 0 unspecified atom stereocenters. The van der Waals surface area contributed by atoms with Crippen molar-refractivity contribution in [3.63, 3.8) is 0 Å². The third-order valence-electron chi connectivity index (χ3n) is 9.32. The van der Waals surface area contributed by atoms with Crippen LogP contribution in [0.4, 0.5) is 0 Å². The number of amides is 1. The number of halogens is 2. The van der Waals surface area contributed by atoms with Crippen LogP contribution in [-0.4, -0.2) is 81.1 Å². The molecule has 2 saturated carbocycles. The van der Waals surface area contributed by atoms with Crippen LogP contribution in [-0.2, 0) is 32.9 Å². The Kier molecular flexibility index (Phi) is 11.2. The van der Waals surface area contributed by atoms with Crippen LogP contribution in [0.3, 0.4) is 0 Å². The summed E-state index contributed by atoms with van der Waals surface area (Å²) < 4.78 is 18.2. The van der Waals surface area contributed by atoms with Crippen molar-refractivity contribution >= 4 is 29.1 Å². The first-order valence-electron chi connectivity index (χ1n) is 16.6. The summed E-state index contributed by atoms with van der Waals surface area (Å²) in [5.41, 5.74) is 4.35. The van der Waals surface area contributed by atoms with E-state index in [4.69, 9.17) is 37.4 Å². The quantitative estimate of drug-likeness (QED) is 0.145. The van der Waals surface area contributed by atoms with Gasteiger partial charge in [0.1, 0.15) is 36.3 Å². The number of para-hydroxylation sites is 1. The summed E-state index contributed by atoms with van der Waals surface area (Å²) in [6.45, 7) is -0.284. The molecule has 6 rings (SSSR count). The fourth-order valence-corrected chi connectivity index (χ4v) is 6.67. The summed E-state index contributed by atoms with van der Waals surface area (Å²) in [4.78, 5) is 16.8. The van der Waals surface area contributed by atoms with Crippen LogP contribution in [0, 0.1) is 0 Å². The number of unbranched alkanes of at least 4 members (excludes halogenated alkanes) is 1. The van der Waals surface area contributed by atoms with E-state index in [0.717, 1.165) is 59.3 Å². The highest BCUT2D eigenvalue weighted by molar-refractivity contribution is 6.34. The van der Waals surface area contributed by atoms with E-state index in [1.165, 1.54) is 0 Å². The van der Waals surface area contributed by atoms with Crippen molar-refractivity contribution in [1.29, 1.82) is 0 Å². The topological polar surface area (TPSA) is 151 Å². The van der Waals surface area contributed by atoms with Gasteiger partial charge in [0.2, 0.25) is 5.91 Å². The molecule has 0 bridgehead atoms. The SMILES string of the molecule is O=C(CCCCc1cc(Cl)c(COC2(c3cnccc3-c3ccccc3OC3CC3)CC2)cc1Cl)NC[C@@H]1O[C@H](CO)[C@@H](O)[C@H](O)[C@H]1O. The lowest BCUT2D eigenvalue weighted by Gasteiger charge is -2.40. The van der Waals surface area contributed by atoms with E-state index >= 15 is 0 Å². The van der Waals surface area contributed by atoms with Gasteiger partial charge in [-0.25, -0.2) is 0 Å². The van der Waals surface area contributed by atoms with Gasteiger partial charge in [-0.2, -0.15) is 0 Å². The van der Waals surface area contributed by atoms with E-state index in [1.54, 1.807) is 6.20 Å². The van der Waals surface area contributed by atoms with Gasteiger partial charge in [0.05, 0.1) is 24.9 Å². The van der Waals surface area contributed by atoms with E-state index < -0.39 is 42.7 Å². The Morgan fingerprint density at radius 1 is 0.958 bits per heavy atom. The molecule has 1 amide bonds. The maximum Gasteiger partial charge on any atom is 0.220 e. The molecule has 2 aromatic carbocycles. The molecule has 2 aliphatic carbocycles. The van der Waals surface area contributed by atoms with Crippen molar-refractivity contribution in [2.75, 3.05) is 13.2 Å². The third kappa shape index (κ3) is 8.14. The van der Waals surface area contributed by atoms with Crippen LogP contribution in [0.25, 0.3) is 11.1 Å². The molecule has 0 spiro atoms. The molecule has 12 heteroatoms. The van der Waals surface area contributed by atoms with Crippen LogP contribution >= 0.6 is 23.2 Å². The van der Waals surface area contributed by atoms with E-state index in [2.05, 4.69) is 16.4 Å². The van der Waals surface area contributed by atoms with Crippen LogP contribution in [0.5, 0.6) is 5.75 Å². The number of carbonyl (C=O) groups is 1. The summed E-state index contributed by atoms with van der Waals surface area (Å²) in [7, 11) is 0. The third-order valence-corrected chi connectivity index (χ3v) is 10.0. The van der Waals surface area contributed by atoms with Crippen molar-refractivity contribution in [1.82, 2.24) is 10.3 Å². The predicted molar refractivity (Wildman–Crippen MR) is 180 cm³/mol. The molecular formula is C36H42Cl2N2O8. The maximum absolute atomic E-state index is 12.4. The fraction of sp³-hybridized carbons (Fsp3) is 0.500. The number of hydrogen-bond donors (Lipinski definition) is 5. The summed E-state index contributed by atoms with van der Waals surface area (Å²) in [6, 6.07) is 13.9. The Balaban J connectivity index is 1.00. The highest BCUT2D eigenvalue weighted by Gasteiger charge is 2.48. The molecule has 3 aromatic rings. The molecule has 1 aliphatic heterocycles. The van der Waals surface area contributed by atoms with Crippen LogP contribution in [0.2, 0.25) is 10.0 Å². The standard InChI is InChI=1S/C36H42Cl2N2O8/c37-27-16-22(20-46-36(12-13-36)26-17-39-14-11-24(26)25-6-2-3-7-29(25)47-23-9-10-23)28(38)15-21(27)5-1-4-8-32(42)40-18-30-33(43)35(45)34(44)31(19-41)48-30/h2-3,6-7,11,14-17,23,30-31,33-35,41,43-45H,1,4-5,8-10,12-13,18-20H2,(H,40,42)/t30-,31+,33-,34+,35+/m0/s1. The first-order chi connectivity index (χ1) is 23.2. The molecule has 5 atom stereocenters. The van der Waals surface area contributed by atoms with Gasteiger partial charge in [0.25, 0.3) is 0 Å². The Morgan fingerprint density at radius 2 is 1.69 bits per heavy atom. The second-order valence-electron chi connectivity index (χ2n) is 12.9. The van der Waals surface area contributed by atoms with E-state index in [1.807, 2.05) is 42.6 Å². The van der Waals surface area contributed by atoms with Gasteiger partial charge in [-0.05, 0) is 85.9 Å². The zero-order valence-corrected chi connectivity index (χ0v) is 28.1. The van der Waals surface area contributed by atoms with Gasteiger partial charge in [-0.1, -0.05) is 41.4 Å².